The van der Waals surface area contributed by atoms with E-state index in [2.05, 4.69) is 0 Å². The van der Waals surface area contributed by atoms with E-state index in [1.165, 1.54) is 12.1 Å². The number of hydrogen-bond donors (Lipinski definition) is 0. The van der Waals surface area contributed by atoms with Crippen molar-refractivity contribution in [2.75, 3.05) is 6.61 Å². The van der Waals surface area contributed by atoms with E-state index in [1.807, 2.05) is 0 Å². The molecule has 1 aromatic heterocycles. The summed E-state index contributed by atoms with van der Waals surface area (Å²) in [6.07, 6.45) is 0. The molecule has 1 heterocycles. The van der Waals surface area contributed by atoms with Gasteiger partial charge in [-0.3, -0.25) is 0 Å². The monoisotopic (exact) mass is 363 g/mol. The third kappa shape index (κ3) is 2.57. The van der Waals surface area contributed by atoms with Crippen molar-refractivity contribution in [1.29, 1.82) is 0 Å². The number of ether oxygens (including phenoxy) is 1. The van der Waals surface area contributed by atoms with Gasteiger partial charge in [0, 0.05) is 5.39 Å². The third-order valence-electron chi connectivity index (χ3n) is 3.52. The van der Waals surface area contributed by atoms with Gasteiger partial charge < -0.3 is 4.74 Å². The van der Waals surface area contributed by atoms with E-state index in [-0.39, 0.29) is 22.2 Å². The molecule has 0 amide bonds. The normalized spacial score (nSPS) is 11.6. The standard InChI is InChI=1S/C17H14ClNO4S/c1-2-23-17(20)16-15(18)13-10-6-7-11-14(13)19(16)24(21,22)12-8-4-3-5-9-12/h3-11H,2H2,1H3. The number of halogens is 1. The number of carbonyl (C=O) groups is 1. The summed E-state index contributed by atoms with van der Waals surface area (Å²) in [6.45, 7) is 1.76. The van der Waals surface area contributed by atoms with Crippen LogP contribution in [0.25, 0.3) is 10.9 Å². The molecule has 0 spiro atoms. The minimum atomic E-state index is -4.01. The first-order chi connectivity index (χ1) is 11.5. The van der Waals surface area contributed by atoms with Crippen LogP contribution < -0.4 is 0 Å². The number of benzene rings is 2. The number of aromatic nitrogens is 1. The Labute approximate surface area is 144 Å². The number of rotatable bonds is 4. The van der Waals surface area contributed by atoms with E-state index in [4.69, 9.17) is 16.3 Å². The van der Waals surface area contributed by atoms with Gasteiger partial charge >= 0.3 is 5.97 Å². The average Bonchev–Trinajstić information content (AvgIpc) is 2.90. The summed E-state index contributed by atoms with van der Waals surface area (Å²) in [7, 11) is -4.01. The molecule has 0 saturated heterocycles. The van der Waals surface area contributed by atoms with Gasteiger partial charge in [0.2, 0.25) is 0 Å². The molecule has 3 rings (SSSR count). The van der Waals surface area contributed by atoms with E-state index >= 15 is 0 Å². The Bertz CT molecular complexity index is 1010. The fourth-order valence-corrected chi connectivity index (χ4v) is 4.40. The highest BCUT2D eigenvalue weighted by Crippen LogP contribution is 2.34. The van der Waals surface area contributed by atoms with Gasteiger partial charge in [0.15, 0.2) is 5.69 Å². The fourth-order valence-electron chi connectivity index (χ4n) is 2.49. The topological polar surface area (TPSA) is 65.4 Å². The number of para-hydroxylation sites is 1. The quantitative estimate of drug-likeness (QED) is 0.663. The molecule has 0 fully saturated rings. The summed E-state index contributed by atoms with van der Waals surface area (Å²) in [5, 5.41) is 0.533. The van der Waals surface area contributed by atoms with Crippen LogP contribution in [0.4, 0.5) is 0 Å². The summed E-state index contributed by atoms with van der Waals surface area (Å²) in [4.78, 5) is 12.4. The maximum absolute atomic E-state index is 13.1. The molecule has 0 atom stereocenters. The van der Waals surface area contributed by atoms with Gasteiger partial charge in [0.25, 0.3) is 10.0 Å². The zero-order valence-electron chi connectivity index (χ0n) is 12.8. The van der Waals surface area contributed by atoms with Gasteiger partial charge in [0.05, 0.1) is 22.0 Å². The number of fused-ring (bicyclic) bond motifs is 1. The smallest absolute Gasteiger partial charge is 0.357 e. The summed E-state index contributed by atoms with van der Waals surface area (Å²) in [5.74, 6) is -0.779. The second-order valence-corrected chi connectivity index (χ2v) is 7.15. The zero-order valence-corrected chi connectivity index (χ0v) is 14.3. The predicted octanol–water partition coefficient (Wildman–Crippen LogP) is 3.71. The Morgan fingerprint density at radius 2 is 1.71 bits per heavy atom. The lowest BCUT2D eigenvalue weighted by Gasteiger charge is -2.11. The minimum absolute atomic E-state index is 0.0588. The minimum Gasteiger partial charge on any atom is -0.461 e. The highest BCUT2D eigenvalue weighted by Gasteiger charge is 2.30. The lowest BCUT2D eigenvalue weighted by atomic mass is 10.2. The summed E-state index contributed by atoms with van der Waals surface area (Å²) < 4.78 is 32.1. The van der Waals surface area contributed by atoms with Crippen LogP contribution in [0.2, 0.25) is 5.02 Å². The van der Waals surface area contributed by atoms with Gasteiger partial charge in [-0.1, -0.05) is 48.0 Å². The van der Waals surface area contributed by atoms with E-state index < -0.39 is 16.0 Å². The predicted molar refractivity (Wildman–Crippen MR) is 91.9 cm³/mol. The van der Waals surface area contributed by atoms with Gasteiger partial charge in [0.1, 0.15) is 0 Å². The highest BCUT2D eigenvalue weighted by molar-refractivity contribution is 7.90. The lowest BCUT2D eigenvalue weighted by molar-refractivity contribution is 0.0519. The van der Waals surface area contributed by atoms with Crippen molar-refractivity contribution in [3.05, 3.63) is 65.3 Å². The second-order valence-electron chi connectivity index (χ2n) is 4.98. The number of nitrogens with zero attached hydrogens (tertiary/aromatic N) is 1. The summed E-state index contributed by atoms with van der Waals surface area (Å²) in [6, 6.07) is 14.6. The summed E-state index contributed by atoms with van der Waals surface area (Å²) in [5.41, 5.74) is 0.137. The molecule has 2 aromatic carbocycles. The van der Waals surface area contributed by atoms with Crippen molar-refractivity contribution in [2.45, 2.75) is 11.8 Å². The first-order valence-electron chi connectivity index (χ1n) is 7.25. The average molecular weight is 364 g/mol. The van der Waals surface area contributed by atoms with Gasteiger partial charge in [-0.15, -0.1) is 0 Å². The molecule has 0 aliphatic heterocycles. The maximum atomic E-state index is 13.1. The van der Waals surface area contributed by atoms with Crippen LogP contribution in [-0.2, 0) is 14.8 Å². The molecule has 0 N–H and O–H groups in total. The Kier molecular flexibility index (Phi) is 4.34. The fraction of sp³-hybridized carbons (Fsp3) is 0.118. The van der Waals surface area contributed by atoms with E-state index in [0.29, 0.717) is 10.9 Å². The molecular formula is C17H14ClNO4S. The molecule has 0 radical (unpaired) electrons. The Morgan fingerprint density at radius 1 is 1.08 bits per heavy atom. The lowest BCUT2D eigenvalue weighted by Crippen LogP contribution is -2.20. The van der Waals surface area contributed by atoms with Crippen LogP contribution in [-0.4, -0.2) is 25.0 Å². The van der Waals surface area contributed by atoms with Gasteiger partial charge in [-0.2, -0.15) is 0 Å². The molecule has 24 heavy (non-hydrogen) atoms. The molecule has 0 aliphatic carbocycles. The highest BCUT2D eigenvalue weighted by atomic mass is 35.5. The Morgan fingerprint density at radius 3 is 2.38 bits per heavy atom. The molecule has 0 aliphatic rings. The molecule has 5 nitrogen and oxygen atoms in total. The first kappa shape index (κ1) is 16.5. The van der Waals surface area contributed by atoms with Crippen molar-refractivity contribution in [3.8, 4) is 0 Å². The molecule has 0 unspecified atom stereocenters. The van der Waals surface area contributed by atoms with Gasteiger partial charge in [-0.05, 0) is 25.1 Å². The van der Waals surface area contributed by atoms with Crippen molar-refractivity contribution in [2.24, 2.45) is 0 Å². The number of esters is 1. The second kappa shape index (κ2) is 6.30. The number of carbonyl (C=O) groups excluding carboxylic acids is 1. The zero-order chi connectivity index (χ0) is 17.3. The molecule has 3 aromatic rings. The molecule has 0 saturated carbocycles. The SMILES string of the molecule is CCOC(=O)c1c(Cl)c2ccccc2n1S(=O)(=O)c1ccccc1. The van der Waals surface area contributed by atoms with Crippen molar-refractivity contribution in [3.63, 3.8) is 0 Å². The van der Waals surface area contributed by atoms with Crippen LogP contribution in [0.15, 0.2) is 59.5 Å². The van der Waals surface area contributed by atoms with Crippen LogP contribution in [0.5, 0.6) is 0 Å². The van der Waals surface area contributed by atoms with Gasteiger partial charge in [-0.25, -0.2) is 17.2 Å². The summed E-state index contributed by atoms with van der Waals surface area (Å²) >= 11 is 6.30. The van der Waals surface area contributed by atoms with Crippen LogP contribution >= 0.6 is 11.6 Å². The molecule has 7 heteroatoms. The third-order valence-corrected chi connectivity index (χ3v) is 5.63. The molecule has 124 valence electrons. The van der Waals surface area contributed by atoms with Crippen molar-refractivity contribution >= 4 is 38.5 Å². The Balaban J connectivity index is 2.38. The van der Waals surface area contributed by atoms with E-state index in [1.54, 1.807) is 49.4 Å². The molecular weight excluding hydrogens is 350 g/mol. The van der Waals surface area contributed by atoms with Crippen LogP contribution in [0, 0.1) is 0 Å². The van der Waals surface area contributed by atoms with Crippen molar-refractivity contribution in [1.82, 2.24) is 3.97 Å². The largest absolute Gasteiger partial charge is 0.461 e. The van der Waals surface area contributed by atoms with E-state index in [9.17, 15) is 13.2 Å². The first-order valence-corrected chi connectivity index (χ1v) is 9.07. The van der Waals surface area contributed by atoms with E-state index in [0.717, 1.165) is 3.97 Å². The Hall–Kier alpha value is -2.31. The molecule has 0 bridgehead atoms. The maximum Gasteiger partial charge on any atom is 0.357 e. The van der Waals surface area contributed by atoms with Crippen molar-refractivity contribution < 1.29 is 17.9 Å². The van der Waals surface area contributed by atoms with Crippen LogP contribution in [0.1, 0.15) is 17.4 Å². The van der Waals surface area contributed by atoms with Crippen LogP contribution in [0.3, 0.4) is 0 Å². The number of hydrogen-bond acceptors (Lipinski definition) is 4.